The number of nitrogens with zero attached hydrogens (tertiary/aromatic N) is 2. The molecule has 0 heterocycles. The monoisotopic (exact) mass is 72.0 g/mol. The molecule has 0 aromatic heterocycles. The van der Waals surface area contributed by atoms with Crippen molar-refractivity contribution in [2.75, 3.05) is 0 Å². The molecule has 0 aromatic carbocycles. The molecule has 0 aliphatic heterocycles. The Hall–Kier alpha value is -1.02. The van der Waals surface area contributed by atoms with Gasteiger partial charge in [-0.2, -0.15) is 0 Å². The highest BCUT2D eigenvalue weighted by atomic mass is 16.3. The van der Waals surface area contributed by atoms with E-state index >= 15 is 0 Å². The van der Waals surface area contributed by atoms with Crippen molar-refractivity contribution in [2.24, 2.45) is 10.4 Å². The molecule has 0 aliphatic rings. The third-order valence-electron chi connectivity index (χ3n) is 0.0816. The fraction of sp³-hybridized carbons (Fsp3) is 0. The Morgan fingerprint density at radius 1 is 1.60 bits per heavy atom. The molecule has 0 spiro atoms. The van der Waals surface area contributed by atoms with Crippen LogP contribution in [-0.4, -0.2) is 6.08 Å². The number of carbonyl (C=O) groups excluding carboxylic acids is 1. The van der Waals surface area contributed by atoms with Crippen molar-refractivity contribution in [1.29, 1.82) is 0 Å². The average Bonchev–Trinajstić information content (AvgIpc) is 1.41. The molecule has 0 unspecified atom stereocenters. The summed E-state index contributed by atoms with van der Waals surface area (Å²) in [6.45, 7) is 0. The minimum Gasteiger partial charge on any atom is -0.209 e. The largest absolute Gasteiger partial charge is 0.263 e. The molecule has 0 N–H and O–H groups in total. The Labute approximate surface area is 27.5 Å². The molecule has 0 fully saturated rings. The second-order valence-electron chi connectivity index (χ2n) is 0.273. The van der Waals surface area contributed by atoms with Gasteiger partial charge in [0, 0.05) is 0 Å². The fourth-order valence-corrected chi connectivity index (χ4v) is 0.0167. The molecular weight excluding hydrogens is 72.0 g/mol. The van der Waals surface area contributed by atoms with Crippen LogP contribution in [0, 0.1) is 4.91 Å². The Morgan fingerprint density at radius 3 is 2.20 bits per heavy atom. The van der Waals surface area contributed by atoms with Crippen LogP contribution in [0.2, 0.25) is 0 Å². The molecule has 0 aromatic rings. The van der Waals surface area contributed by atoms with Gasteiger partial charge in [-0.1, -0.05) is 0 Å². The van der Waals surface area contributed by atoms with Gasteiger partial charge in [0.2, 0.25) is 0 Å². The van der Waals surface area contributed by atoms with Crippen LogP contribution < -0.4 is 0 Å². The molecule has 0 saturated heterocycles. The maximum Gasteiger partial charge on any atom is 0.263 e. The van der Waals surface area contributed by atoms with Crippen molar-refractivity contribution >= 4 is 6.08 Å². The van der Waals surface area contributed by atoms with Crippen LogP contribution in [0.1, 0.15) is 0 Å². The molecule has 0 amide bonds. The van der Waals surface area contributed by atoms with Crippen LogP contribution in [0.4, 0.5) is 0 Å². The van der Waals surface area contributed by atoms with E-state index in [2.05, 4.69) is 5.10 Å². The van der Waals surface area contributed by atoms with Gasteiger partial charge in [-0.3, -0.25) is 0 Å². The molecule has 0 bridgehead atoms. The second-order valence-corrected chi connectivity index (χ2v) is 0.273. The minimum atomic E-state index is 0.913. The molecule has 4 heteroatoms. The lowest BCUT2D eigenvalue weighted by molar-refractivity contribution is 0.563. The Morgan fingerprint density at radius 2 is 2.20 bits per heavy atom. The summed E-state index contributed by atoms with van der Waals surface area (Å²) in [7, 11) is 0. The van der Waals surface area contributed by atoms with Crippen molar-refractivity contribution in [3.8, 4) is 0 Å². The van der Waals surface area contributed by atoms with Crippen LogP contribution in [-0.2, 0) is 4.79 Å². The van der Waals surface area contributed by atoms with Crippen molar-refractivity contribution < 1.29 is 4.79 Å². The van der Waals surface area contributed by atoms with Crippen LogP contribution in [0.25, 0.3) is 0 Å². The van der Waals surface area contributed by atoms with Crippen molar-refractivity contribution in [2.45, 2.75) is 0 Å². The number of hydrogen-bond acceptors (Lipinski definition) is 3. The molecule has 0 atom stereocenters. The zero-order chi connectivity index (χ0) is 4.12. The van der Waals surface area contributed by atoms with E-state index in [1.54, 1.807) is 5.29 Å². The van der Waals surface area contributed by atoms with E-state index in [0.29, 0.717) is 0 Å². The zero-order valence-electron chi connectivity index (χ0n) is 2.21. The van der Waals surface area contributed by atoms with Gasteiger partial charge in [0.15, 0.2) is 0 Å². The van der Waals surface area contributed by atoms with Gasteiger partial charge in [0.05, 0.1) is 5.29 Å². The number of hydrogen-bond donors (Lipinski definition) is 0. The predicted molar refractivity (Wildman–Crippen MR) is 13.9 cm³/mol. The Balaban J connectivity index is 3.31. The van der Waals surface area contributed by atoms with E-state index in [9.17, 15) is 0 Å². The number of isocyanates is 1. The lowest BCUT2D eigenvalue weighted by atomic mass is 11.6. The molecule has 26 valence electrons. The normalized spacial score (nSPS) is 4.80. The highest BCUT2D eigenvalue weighted by Gasteiger charge is 1.47. The topological polar surface area (TPSA) is 58.9 Å². The average molecular weight is 72.0 g/mol. The molecule has 4 nitrogen and oxygen atoms in total. The highest BCUT2D eigenvalue weighted by molar-refractivity contribution is 5.31. The van der Waals surface area contributed by atoms with E-state index in [1.807, 2.05) is 0 Å². The Bertz CT molecular complexity index is 71.7. The maximum atomic E-state index is 8.82. The zero-order valence-corrected chi connectivity index (χ0v) is 2.21. The summed E-state index contributed by atoms with van der Waals surface area (Å²) >= 11 is 0. The summed E-state index contributed by atoms with van der Waals surface area (Å²) in [4.78, 5) is 17.5. The summed E-state index contributed by atoms with van der Waals surface area (Å²) in [5, 5.41) is 4.04. The first-order valence-corrected chi connectivity index (χ1v) is 0.810. The lowest BCUT2D eigenvalue weighted by Gasteiger charge is -1.37. The maximum absolute atomic E-state index is 8.82. The molecule has 0 aliphatic carbocycles. The molecule has 0 rings (SSSR count). The first kappa shape index (κ1) is 3.98. The van der Waals surface area contributed by atoms with E-state index in [4.69, 9.17) is 9.70 Å². The van der Waals surface area contributed by atoms with Crippen molar-refractivity contribution in [3.63, 3.8) is 0 Å². The SMILES string of the molecule is O=C=NN=O. The van der Waals surface area contributed by atoms with E-state index < -0.39 is 0 Å². The molecule has 0 saturated carbocycles. The van der Waals surface area contributed by atoms with Crippen LogP contribution in [0.3, 0.4) is 0 Å². The first-order valence-electron chi connectivity index (χ1n) is 0.810. The van der Waals surface area contributed by atoms with Crippen molar-refractivity contribution in [1.82, 2.24) is 0 Å². The van der Waals surface area contributed by atoms with Gasteiger partial charge in [-0.25, -0.2) is 4.79 Å². The summed E-state index contributed by atoms with van der Waals surface area (Å²) in [6.07, 6.45) is 0.913. The summed E-state index contributed by atoms with van der Waals surface area (Å²) in [5.74, 6) is 0. The van der Waals surface area contributed by atoms with Gasteiger partial charge in [-0.15, -0.1) is 4.91 Å². The Kier molecular flexibility index (Phi) is 2.37. The fourth-order valence-electron chi connectivity index (χ4n) is 0.0167. The van der Waals surface area contributed by atoms with Crippen LogP contribution >= 0.6 is 0 Å². The van der Waals surface area contributed by atoms with E-state index in [1.165, 1.54) is 0 Å². The first-order chi connectivity index (χ1) is 2.41. The third-order valence-corrected chi connectivity index (χ3v) is 0.0816. The quantitative estimate of drug-likeness (QED) is 0.189. The lowest BCUT2D eigenvalue weighted by Crippen LogP contribution is -1.37. The third kappa shape index (κ3) is 2.98. The number of nitroso groups, excluding NO2 is 1. The summed E-state index contributed by atoms with van der Waals surface area (Å²) < 4.78 is 0. The smallest absolute Gasteiger partial charge is 0.209 e. The van der Waals surface area contributed by atoms with Gasteiger partial charge in [-0.05, 0) is 5.10 Å². The van der Waals surface area contributed by atoms with Crippen LogP contribution in [0.15, 0.2) is 10.4 Å². The summed E-state index contributed by atoms with van der Waals surface area (Å²) in [6, 6.07) is 0. The number of rotatable bonds is 1. The van der Waals surface area contributed by atoms with Crippen LogP contribution in [0.5, 0.6) is 0 Å². The van der Waals surface area contributed by atoms with E-state index in [0.717, 1.165) is 6.08 Å². The van der Waals surface area contributed by atoms with Gasteiger partial charge in [0.25, 0.3) is 6.08 Å². The minimum absolute atomic E-state index is 0.913. The van der Waals surface area contributed by atoms with Gasteiger partial charge < -0.3 is 0 Å². The van der Waals surface area contributed by atoms with Gasteiger partial charge in [0.1, 0.15) is 0 Å². The molecule has 0 radical (unpaired) electrons. The van der Waals surface area contributed by atoms with E-state index in [-0.39, 0.29) is 0 Å². The van der Waals surface area contributed by atoms with Crippen molar-refractivity contribution in [3.05, 3.63) is 4.91 Å². The molecular formula is CN2O2. The predicted octanol–water partition coefficient (Wildman–Crippen LogP) is 0.00360. The summed E-state index contributed by atoms with van der Waals surface area (Å²) in [5.41, 5.74) is 0. The standard InChI is InChI=1S/CN2O2/c4-1-2-3-5. The highest BCUT2D eigenvalue weighted by Crippen LogP contribution is 1.52. The van der Waals surface area contributed by atoms with Gasteiger partial charge >= 0.3 is 0 Å². The molecule has 5 heavy (non-hydrogen) atoms. The second kappa shape index (κ2) is 2.98.